The number of alkyl halides is 1. The maximum absolute atomic E-state index is 5.82. The van der Waals surface area contributed by atoms with Gasteiger partial charge >= 0.3 is 0 Å². The predicted octanol–water partition coefficient (Wildman–Crippen LogP) is 2.91. The number of anilines is 1. The Labute approximate surface area is 95.8 Å². The normalized spacial score (nSPS) is 12.2. The summed E-state index contributed by atoms with van der Waals surface area (Å²) >= 11 is 5.82. The van der Waals surface area contributed by atoms with E-state index < -0.39 is 0 Å². The van der Waals surface area contributed by atoms with Crippen molar-refractivity contribution in [2.45, 2.75) is 26.3 Å². The third-order valence-electron chi connectivity index (χ3n) is 2.09. The molecule has 0 aliphatic carbocycles. The second-order valence-corrected chi connectivity index (χ2v) is 3.50. The molecule has 1 N–H and O–H groups in total. The monoisotopic (exact) mass is 228 g/mol. The Kier molecular flexibility index (Phi) is 5.26. The minimum Gasteiger partial charge on any atom is -0.490 e. The third kappa shape index (κ3) is 3.59. The van der Waals surface area contributed by atoms with Gasteiger partial charge in [-0.2, -0.15) is 0 Å². The van der Waals surface area contributed by atoms with Crippen LogP contribution in [0, 0.1) is 0 Å². The largest absolute Gasteiger partial charge is 0.490 e. The molecule has 0 bridgehead atoms. The summed E-state index contributed by atoms with van der Waals surface area (Å²) < 4.78 is 5.46. The number of pyridine rings is 1. The van der Waals surface area contributed by atoms with E-state index in [1.165, 1.54) is 0 Å². The van der Waals surface area contributed by atoms with Crippen LogP contribution in [0.15, 0.2) is 18.3 Å². The van der Waals surface area contributed by atoms with Crippen molar-refractivity contribution < 1.29 is 4.74 Å². The lowest BCUT2D eigenvalue weighted by Crippen LogP contribution is -2.21. The molecule has 1 aromatic heterocycles. The van der Waals surface area contributed by atoms with Crippen LogP contribution in [0.3, 0.4) is 0 Å². The minimum absolute atomic E-state index is 0.237. The van der Waals surface area contributed by atoms with Gasteiger partial charge in [0, 0.05) is 18.1 Å². The standard InChI is InChI=1S/C11H17ClN2O/c1-3-9(8-12)14-11-10(15-4-2)6-5-7-13-11/h5-7,9H,3-4,8H2,1-2H3,(H,13,14). The predicted molar refractivity (Wildman–Crippen MR) is 63.8 cm³/mol. The molecule has 3 nitrogen and oxygen atoms in total. The van der Waals surface area contributed by atoms with E-state index in [4.69, 9.17) is 16.3 Å². The minimum atomic E-state index is 0.237. The van der Waals surface area contributed by atoms with Gasteiger partial charge in [0.15, 0.2) is 11.6 Å². The molecular formula is C11H17ClN2O. The molecule has 0 spiro atoms. The maximum Gasteiger partial charge on any atom is 0.169 e. The summed E-state index contributed by atoms with van der Waals surface area (Å²) in [5, 5.41) is 3.26. The molecule has 1 aromatic rings. The lowest BCUT2D eigenvalue weighted by molar-refractivity contribution is 0.340. The van der Waals surface area contributed by atoms with Gasteiger partial charge < -0.3 is 10.1 Å². The molecule has 0 radical (unpaired) electrons. The van der Waals surface area contributed by atoms with E-state index in [-0.39, 0.29) is 6.04 Å². The van der Waals surface area contributed by atoms with Crippen LogP contribution in [0.5, 0.6) is 5.75 Å². The average molecular weight is 229 g/mol. The summed E-state index contributed by atoms with van der Waals surface area (Å²) in [6, 6.07) is 4.00. The first kappa shape index (κ1) is 12.1. The van der Waals surface area contributed by atoms with Gasteiger partial charge in [0.1, 0.15) is 0 Å². The first-order valence-corrected chi connectivity index (χ1v) is 5.75. The molecule has 1 heterocycles. The lowest BCUT2D eigenvalue weighted by atomic mass is 10.2. The topological polar surface area (TPSA) is 34.1 Å². The highest BCUT2D eigenvalue weighted by Gasteiger charge is 2.09. The average Bonchev–Trinajstić information content (AvgIpc) is 2.28. The van der Waals surface area contributed by atoms with Crippen molar-refractivity contribution in [1.82, 2.24) is 4.98 Å². The van der Waals surface area contributed by atoms with Crippen LogP contribution in [0.4, 0.5) is 5.82 Å². The van der Waals surface area contributed by atoms with Crippen molar-refractivity contribution in [3.8, 4) is 5.75 Å². The summed E-state index contributed by atoms with van der Waals surface area (Å²) in [5.41, 5.74) is 0. The zero-order valence-corrected chi connectivity index (χ0v) is 9.92. The van der Waals surface area contributed by atoms with Crippen LogP contribution in [0.25, 0.3) is 0 Å². The van der Waals surface area contributed by atoms with Crippen molar-refractivity contribution in [3.63, 3.8) is 0 Å². The SMILES string of the molecule is CCOc1cccnc1NC(CC)CCl. The van der Waals surface area contributed by atoms with Crippen molar-refractivity contribution >= 4 is 17.4 Å². The van der Waals surface area contributed by atoms with Crippen LogP contribution in [-0.2, 0) is 0 Å². The summed E-state index contributed by atoms with van der Waals surface area (Å²) in [4.78, 5) is 4.24. The van der Waals surface area contributed by atoms with E-state index in [0.29, 0.717) is 12.5 Å². The van der Waals surface area contributed by atoms with Crippen molar-refractivity contribution in [3.05, 3.63) is 18.3 Å². The molecule has 1 unspecified atom stereocenters. The number of halogens is 1. The maximum atomic E-state index is 5.82. The fraction of sp³-hybridized carbons (Fsp3) is 0.545. The molecular weight excluding hydrogens is 212 g/mol. The molecule has 84 valence electrons. The first-order chi connectivity index (χ1) is 7.31. The van der Waals surface area contributed by atoms with E-state index >= 15 is 0 Å². The fourth-order valence-corrected chi connectivity index (χ4v) is 1.51. The molecule has 0 aromatic carbocycles. The first-order valence-electron chi connectivity index (χ1n) is 5.22. The molecule has 1 rings (SSSR count). The zero-order valence-electron chi connectivity index (χ0n) is 9.16. The van der Waals surface area contributed by atoms with Crippen LogP contribution < -0.4 is 10.1 Å². The molecule has 0 fully saturated rings. The number of aromatic nitrogens is 1. The Balaban J connectivity index is 2.73. The van der Waals surface area contributed by atoms with Crippen LogP contribution in [0.2, 0.25) is 0 Å². The van der Waals surface area contributed by atoms with E-state index in [1.54, 1.807) is 6.20 Å². The highest BCUT2D eigenvalue weighted by molar-refractivity contribution is 6.18. The van der Waals surface area contributed by atoms with E-state index in [9.17, 15) is 0 Å². The Bertz CT molecular complexity index is 290. The van der Waals surface area contributed by atoms with Crippen molar-refractivity contribution in [2.75, 3.05) is 17.8 Å². The van der Waals surface area contributed by atoms with E-state index in [2.05, 4.69) is 17.2 Å². The van der Waals surface area contributed by atoms with Gasteiger partial charge in [-0.1, -0.05) is 6.92 Å². The highest BCUT2D eigenvalue weighted by atomic mass is 35.5. The van der Waals surface area contributed by atoms with Crippen molar-refractivity contribution in [2.24, 2.45) is 0 Å². The molecule has 0 amide bonds. The number of nitrogens with one attached hydrogen (secondary N) is 1. The molecule has 0 saturated heterocycles. The molecule has 1 atom stereocenters. The smallest absolute Gasteiger partial charge is 0.169 e. The molecule has 0 saturated carbocycles. The van der Waals surface area contributed by atoms with Gasteiger partial charge in [-0.15, -0.1) is 11.6 Å². The second kappa shape index (κ2) is 6.51. The van der Waals surface area contributed by atoms with Crippen LogP contribution >= 0.6 is 11.6 Å². The van der Waals surface area contributed by atoms with E-state index in [1.807, 2.05) is 19.1 Å². The molecule has 0 aliphatic rings. The number of rotatable bonds is 6. The third-order valence-corrected chi connectivity index (χ3v) is 2.46. The Morgan fingerprint density at radius 1 is 1.53 bits per heavy atom. The van der Waals surface area contributed by atoms with Crippen LogP contribution in [0.1, 0.15) is 20.3 Å². The van der Waals surface area contributed by atoms with Gasteiger partial charge in [0.2, 0.25) is 0 Å². The fourth-order valence-electron chi connectivity index (χ4n) is 1.21. The Hall–Kier alpha value is -0.960. The van der Waals surface area contributed by atoms with Gasteiger partial charge in [0.05, 0.1) is 6.61 Å². The Morgan fingerprint density at radius 2 is 2.33 bits per heavy atom. The van der Waals surface area contributed by atoms with Gasteiger partial charge in [-0.05, 0) is 25.5 Å². The van der Waals surface area contributed by atoms with E-state index in [0.717, 1.165) is 18.0 Å². The molecule has 4 heteroatoms. The van der Waals surface area contributed by atoms with Gasteiger partial charge in [-0.3, -0.25) is 0 Å². The molecule has 15 heavy (non-hydrogen) atoms. The summed E-state index contributed by atoms with van der Waals surface area (Å²) in [5.74, 6) is 2.12. The summed E-state index contributed by atoms with van der Waals surface area (Å²) in [7, 11) is 0. The zero-order chi connectivity index (χ0) is 11.1. The van der Waals surface area contributed by atoms with Crippen LogP contribution in [-0.4, -0.2) is 23.5 Å². The van der Waals surface area contributed by atoms with Gasteiger partial charge in [-0.25, -0.2) is 4.98 Å². The number of ether oxygens (including phenoxy) is 1. The number of nitrogens with zero attached hydrogens (tertiary/aromatic N) is 1. The Morgan fingerprint density at radius 3 is 2.93 bits per heavy atom. The summed E-state index contributed by atoms with van der Waals surface area (Å²) in [6.45, 7) is 4.68. The lowest BCUT2D eigenvalue weighted by Gasteiger charge is -2.16. The summed E-state index contributed by atoms with van der Waals surface area (Å²) in [6.07, 6.45) is 2.71. The number of hydrogen-bond donors (Lipinski definition) is 1. The second-order valence-electron chi connectivity index (χ2n) is 3.19. The van der Waals surface area contributed by atoms with Gasteiger partial charge in [0.25, 0.3) is 0 Å². The molecule has 0 aliphatic heterocycles. The van der Waals surface area contributed by atoms with Crippen molar-refractivity contribution in [1.29, 1.82) is 0 Å². The quantitative estimate of drug-likeness (QED) is 0.761. The highest BCUT2D eigenvalue weighted by Crippen LogP contribution is 2.22. The number of hydrogen-bond acceptors (Lipinski definition) is 3.